The number of dihydropyridines is 1. The summed E-state index contributed by atoms with van der Waals surface area (Å²) in [5.74, 6) is 1.64. The molecule has 0 bridgehead atoms. The molecule has 179 valence electrons. The van der Waals surface area contributed by atoms with E-state index >= 15 is 0 Å². The lowest BCUT2D eigenvalue weighted by Gasteiger charge is -2.15. The number of anilines is 1. The second-order valence-corrected chi connectivity index (χ2v) is 8.75. The molecular weight excluding hydrogens is 435 g/mol. The second-order valence-electron chi connectivity index (χ2n) is 8.75. The SMILES string of the molecule is C[N+]1=CCN=C1[C@@H](NC(=O)c1cccc(NCC2=[N+](C)[C](C3=C(F)CNC=C3)N=N2)c1)C1CC1.[HH].[HH]. The Balaban J connectivity index is 0.00000180. The first-order chi connectivity index (χ1) is 16.5. The van der Waals surface area contributed by atoms with E-state index < -0.39 is 0 Å². The van der Waals surface area contributed by atoms with Crippen LogP contribution in [0.15, 0.2) is 63.2 Å². The van der Waals surface area contributed by atoms with Crippen LogP contribution in [0.1, 0.15) is 26.1 Å². The number of halogens is 1. The van der Waals surface area contributed by atoms with Crippen LogP contribution < -0.4 is 16.0 Å². The molecule has 1 radical (unpaired) electrons. The molecule has 1 amide bonds. The minimum absolute atomic E-state index is 0. The molecule has 3 heterocycles. The Hall–Kier alpha value is -3.69. The van der Waals surface area contributed by atoms with Crippen molar-refractivity contribution in [2.45, 2.75) is 18.9 Å². The van der Waals surface area contributed by atoms with Gasteiger partial charge in [0.25, 0.3) is 5.91 Å². The quantitative estimate of drug-likeness (QED) is 0.513. The van der Waals surface area contributed by atoms with E-state index in [1.54, 1.807) is 22.9 Å². The lowest BCUT2D eigenvalue weighted by molar-refractivity contribution is -0.472. The molecule has 34 heavy (non-hydrogen) atoms. The molecule has 1 aliphatic carbocycles. The first-order valence-corrected chi connectivity index (χ1v) is 11.4. The van der Waals surface area contributed by atoms with E-state index in [0.717, 1.165) is 24.4 Å². The predicted octanol–water partition coefficient (Wildman–Crippen LogP) is 2.56. The number of carbonyl (C=O) groups is 1. The lowest BCUT2D eigenvalue weighted by atomic mass is 10.1. The number of azo groups is 1. The van der Waals surface area contributed by atoms with Crippen molar-refractivity contribution >= 4 is 29.5 Å². The first-order valence-electron chi connectivity index (χ1n) is 11.4. The summed E-state index contributed by atoms with van der Waals surface area (Å²) in [5.41, 5.74) is 1.79. The van der Waals surface area contributed by atoms with Crippen LogP contribution in [0, 0.1) is 12.1 Å². The van der Waals surface area contributed by atoms with Gasteiger partial charge in [-0.25, -0.2) is 13.5 Å². The Kier molecular flexibility index (Phi) is 6.04. The summed E-state index contributed by atoms with van der Waals surface area (Å²) < 4.78 is 18.0. The molecule has 1 saturated carbocycles. The number of amidine groups is 2. The summed E-state index contributed by atoms with van der Waals surface area (Å²) in [5, 5.41) is 17.7. The van der Waals surface area contributed by atoms with Gasteiger partial charge < -0.3 is 16.0 Å². The zero-order valence-corrected chi connectivity index (χ0v) is 19.3. The molecule has 4 aliphatic rings. The molecule has 1 fully saturated rings. The number of carbonyl (C=O) groups excluding carboxylic acids is 1. The zero-order chi connectivity index (χ0) is 23.7. The number of aliphatic imine (C=N–C) groups is 1. The summed E-state index contributed by atoms with van der Waals surface area (Å²) in [4.78, 5) is 17.6. The van der Waals surface area contributed by atoms with Gasteiger partial charge in [-0.2, -0.15) is 0 Å². The number of hydrogen-bond acceptors (Lipinski definition) is 6. The molecule has 0 spiro atoms. The predicted molar refractivity (Wildman–Crippen MR) is 132 cm³/mol. The minimum Gasteiger partial charge on any atom is -0.384 e. The van der Waals surface area contributed by atoms with Crippen LogP contribution in [-0.2, 0) is 0 Å². The first kappa shape index (κ1) is 22.1. The van der Waals surface area contributed by atoms with Crippen LogP contribution in [0.5, 0.6) is 0 Å². The molecule has 5 rings (SSSR count). The number of hydrogen-bond donors (Lipinski definition) is 3. The van der Waals surface area contributed by atoms with Crippen LogP contribution in [0.4, 0.5) is 10.1 Å². The number of likely N-dealkylation sites (N-methyl/N-ethyl adjacent to an activating group) is 2. The van der Waals surface area contributed by atoms with Gasteiger partial charge in [0.2, 0.25) is 0 Å². The van der Waals surface area contributed by atoms with Gasteiger partial charge in [-0.15, -0.1) is 0 Å². The maximum Gasteiger partial charge on any atom is 0.343 e. The molecule has 3 N–H and O–H groups in total. The molecule has 1 aromatic carbocycles. The Labute approximate surface area is 200 Å². The highest BCUT2D eigenvalue weighted by Crippen LogP contribution is 2.34. The van der Waals surface area contributed by atoms with Crippen molar-refractivity contribution in [3.05, 3.63) is 59.7 Å². The van der Waals surface area contributed by atoms with Gasteiger partial charge in [0, 0.05) is 14.1 Å². The van der Waals surface area contributed by atoms with Crippen molar-refractivity contribution in [1.29, 1.82) is 0 Å². The van der Waals surface area contributed by atoms with Crippen LogP contribution in [0.2, 0.25) is 0 Å². The highest BCUT2D eigenvalue weighted by molar-refractivity contribution is 5.99. The summed E-state index contributed by atoms with van der Waals surface area (Å²) in [6.07, 6.45) is 8.06. The van der Waals surface area contributed by atoms with Crippen molar-refractivity contribution in [2.75, 3.05) is 39.0 Å². The topological polar surface area (TPSA) is 96.3 Å². The summed E-state index contributed by atoms with van der Waals surface area (Å²) >= 11 is 0. The van der Waals surface area contributed by atoms with E-state index in [0.29, 0.717) is 42.1 Å². The Morgan fingerprint density at radius 3 is 2.91 bits per heavy atom. The van der Waals surface area contributed by atoms with Crippen molar-refractivity contribution in [2.24, 2.45) is 21.1 Å². The minimum atomic E-state index is -0.270. The normalized spacial score (nSPS) is 20.9. The number of benzene rings is 1. The summed E-state index contributed by atoms with van der Waals surface area (Å²) in [6.45, 7) is 1.18. The molecule has 3 aliphatic heterocycles. The van der Waals surface area contributed by atoms with E-state index in [1.165, 1.54) is 0 Å². The van der Waals surface area contributed by atoms with E-state index in [4.69, 9.17) is 0 Å². The highest BCUT2D eigenvalue weighted by Gasteiger charge is 2.42. The number of amides is 1. The van der Waals surface area contributed by atoms with Crippen molar-refractivity contribution < 1.29 is 21.2 Å². The maximum absolute atomic E-state index is 14.2. The summed E-state index contributed by atoms with van der Waals surface area (Å²) in [6, 6.07) is 7.30. The van der Waals surface area contributed by atoms with Gasteiger partial charge in [-0.1, -0.05) is 11.1 Å². The van der Waals surface area contributed by atoms with Gasteiger partial charge in [0.05, 0.1) is 31.3 Å². The van der Waals surface area contributed by atoms with E-state index in [1.807, 2.05) is 43.1 Å². The Morgan fingerprint density at radius 2 is 2.18 bits per heavy atom. The lowest BCUT2D eigenvalue weighted by Crippen LogP contribution is -2.45. The van der Waals surface area contributed by atoms with E-state index in [-0.39, 0.29) is 27.2 Å². The molecule has 0 unspecified atom stereocenters. The fourth-order valence-corrected chi connectivity index (χ4v) is 4.20. The number of nitrogens with one attached hydrogen (secondary N) is 3. The summed E-state index contributed by atoms with van der Waals surface area (Å²) in [7, 11) is 3.78. The van der Waals surface area contributed by atoms with Crippen LogP contribution >= 0.6 is 0 Å². The third kappa shape index (κ3) is 4.52. The van der Waals surface area contributed by atoms with E-state index in [9.17, 15) is 9.18 Å². The number of rotatable bonds is 8. The van der Waals surface area contributed by atoms with Gasteiger partial charge in [-0.3, -0.25) is 4.79 Å². The third-order valence-electron chi connectivity index (χ3n) is 6.33. The van der Waals surface area contributed by atoms with Gasteiger partial charge >= 0.3 is 17.8 Å². The van der Waals surface area contributed by atoms with Gasteiger partial charge in [-0.05, 0) is 54.3 Å². The fourth-order valence-electron chi connectivity index (χ4n) is 4.20. The average Bonchev–Trinajstić information content (AvgIpc) is 3.50. The molecule has 0 aromatic heterocycles. The monoisotopic (exact) mass is 467 g/mol. The van der Waals surface area contributed by atoms with Crippen molar-refractivity contribution in [3.63, 3.8) is 0 Å². The van der Waals surface area contributed by atoms with Crippen molar-refractivity contribution in [1.82, 2.24) is 10.6 Å². The second kappa shape index (κ2) is 9.28. The third-order valence-corrected chi connectivity index (χ3v) is 6.33. The largest absolute Gasteiger partial charge is 0.384 e. The number of nitrogens with zero attached hydrogens (tertiary/aromatic N) is 5. The van der Waals surface area contributed by atoms with Crippen molar-refractivity contribution in [3.8, 4) is 0 Å². The fraction of sp³-hybridized carbons (Fsp3) is 0.375. The Bertz CT molecular complexity index is 1200. The van der Waals surface area contributed by atoms with Gasteiger partial charge in [0.15, 0.2) is 6.54 Å². The van der Waals surface area contributed by atoms with E-state index in [2.05, 4.69) is 31.2 Å². The van der Waals surface area contributed by atoms with Crippen LogP contribution in [0.25, 0.3) is 0 Å². The molecule has 9 nitrogen and oxygen atoms in total. The smallest absolute Gasteiger partial charge is 0.343 e. The molecule has 10 heteroatoms. The van der Waals surface area contributed by atoms with Crippen LogP contribution in [0.3, 0.4) is 0 Å². The molecule has 0 saturated heterocycles. The zero-order valence-electron chi connectivity index (χ0n) is 19.3. The molecule has 1 atom stereocenters. The molecular formula is C24H32FN8O+2. The standard InChI is InChI=1S/C24H27FN8O.2H2/c1-32-11-10-27-23(32)21(15-6-7-15)29-24(34)16-4-3-5-17(12-16)28-14-20-30-31-22(33(20)2)18-8-9-26-13-19(18)25;;/h3-5,8-9,11-12,15,21,26,28H,6-7,10,13-14H2,1-2H3;2*1H/q+1;;/p+1/t21-;;/m0../s1. The average molecular weight is 468 g/mol. The molecule has 1 aromatic rings. The highest BCUT2D eigenvalue weighted by atomic mass is 19.1. The maximum atomic E-state index is 14.2. The Morgan fingerprint density at radius 1 is 1.32 bits per heavy atom. The van der Waals surface area contributed by atoms with Gasteiger partial charge in [0.1, 0.15) is 24.6 Å². The van der Waals surface area contributed by atoms with Crippen LogP contribution in [-0.4, -0.2) is 72.7 Å².